The minimum absolute atomic E-state index is 0.0666. The van der Waals surface area contributed by atoms with Crippen LogP contribution in [-0.2, 0) is 16.5 Å². The van der Waals surface area contributed by atoms with Crippen LogP contribution < -0.4 is 0 Å². The molecule has 2 aromatic carbocycles. The Balaban J connectivity index is 0.000000289. The van der Waals surface area contributed by atoms with Crippen LogP contribution in [0.3, 0.4) is 0 Å². The maximum absolute atomic E-state index is 10.5. The van der Waals surface area contributed by atoms with Gasteiger partial charge in [0.05, 0.1) is 4.90 Å². The van der Waals surface area contributed by atoms with E-state index >= 15 is 0 Å². The van der Waals surface area contributed by atoms with Gasteiger partial charge in [0.15, 0.2) is 0 Å². The monoisotopic (exact) mass is 393 g/mol. The zero-order chi connectivity index (χ0) is 20.3. The van der Waals surface area contributed by atoms with Crippen LogP contribution in [0.5, 0.6) is 0 Å². The fourth-order valence-corrected chi connectivity index (χ4v) is 2.97. The summed E-state index contributed by atoms with van der Waals surface area (Å²) in [7, 11) is -4.02. The van der Waals surface area contributed by atoms with E-state index in [1.165, 1.54) is 22.8 Å². The first-order chi connectivity index (χ1) is 12.7. The maximum atomic E-state index is 10.5. The Kier molecular flexibility index (Phi) is 10.3. The quantitative estimate of drug-likeness (QED) is 0.389. The molecule has 2 rings (SSSR count). The van der Waals surface area contributed by atoms with Gasteiger partial charge in [-0.25, -0.2) is 0 Å². The average Bonchev–Trinajstić information content (AvgIpc) is 2.59. The molecule has 0 atom stereocenters. The number of aryl methyl sites for hydroxylation is 2. The van der Waals surface area contributed by atoms with Gasteiger partial charge in [-0.1, -0.05) is 61.9 Å². The van der Waals surface area contributed by atoms with Gasteiger partial charge in [0, 0.05) is 13.1 Å². The number of benzene rings is 2. The van der Waals surface area contributed by atoms with E-state index in [1.54, 1.807) is 12.1 Å². The zero-order valence-corrected chi connectivity index (χ0v) is 17.2. The van der Waals surface area contributed by atoms with E-state index < -0.39 is 10.1 Å². The Hall–Kier alpha value is -1.73. The summed E-state index contributed by atoms with van der Waals surface area (Å²) in [5.41, 5.74) is 2.34. The molecule has 0 heterocycles. The second-order valence-corrected chi connectivity index (χ2v) is 8.46. The van der Waals surface area contributed by atoms with Gasteiger partial charge in [0.1, 0.15) is 0 Å². The highest BCUT2D eigenvalue weighted by Crippen LogP contribution is 2.08. The second kappa shape index (κ2) is 11.9. The first-order valence-electron chi connectivity index (χ1n) is 9.20. The Morgan fingerprint density at radius 2 is 1.56 bits per heavy atom. The molecule has 0 aromatic heterocycles. The van der Waals surface area contributed by atoms with Crippen molar-refractivity contribution in [3.8, 4) is 0 Å². The first kappa shape index (κ1) is 23.3. The van der Waals surface area contributed by atoms with Gasteiger partial charge in [0.25, 0.3) is 10.1 Å². The molecule has 0 unspecified atom stereocenters. The number of hydrogen-bond donors (Lipinski definition) is 2. The highest BCUT2D eigenvalue weighted by Gasteiger charge is 2.06. The zero-order valence-electron chi connectivity index (χ0n) is 16.4. The van der Waals surface area contributed by atoms with Gasteiger partial charge in [-0.05, 0) is 49.8 Å². The van der Waals surface area contributed by atoms with Crippen molar-refractivity contribution in [3.63, 3.8) is 0 Å². The highest BCUT2D eigenvalue weighted by atomic mass is 32.2. The third-order valence-corrected chi connectivity index (χ3v) is 4.74. The van der Waals surface area contributed by atoms with Crippen molar-refractivity contribution in [2.75, 3.05) is 13.1 Å². The Morgan fingerprint density at radius 1 is 0.963 bits per heavy atom. The van der Waals surface area contributed by atoms with Gasteiger partial charge in [-0.15, -0.1) is 0 Å². The lowest BCUT2D eigenvalue weighted by atomic mass is 10.1. The van der Waals surface area contributed by atoms with Crippen molar-refractivity contribution in [2.24, 2.45) is 5.92 Å². The molecule has 0 spiro atoms. The smallest absolute Gasteiger partial charge is 0.294 e. The predicted molar refractivity (Wildman–Crippen MR) is 109 cm³/mol. The van der Waals surface area contributed by atoms with Gasteiger partial charge in [0.2, 0.25) is 0 Å². The van der Waals surface area contributed by atoms with Crippen LogP contribution in [0.15, 0.2) is 59.5 Å². The minimum atomic E-state index is -4.02. The highest BCUT2D eigenvalue weighted by molar-refractivity contribution is 7.85. The predicted octanol–water partition coefficient (Wildman–Crippen LogP) is 4.60. The number of rotatable bonds is 8. The second-order valence-electron chi connectivity index (χ2n) is 7.04. The van der Waals surface area contributed by atoms with Crippen molar-refractivity contribution in [1.82, 2.24) is 5.06 Å². The molecule has 0 radical (unpaired) electrons. The summed E-state index contributed by atoms with van der Waals surface area (Å²) in [5.74, 6) is 0.527. The van der Waals surface area contributed by atoms with Gasteiger partial charge < -0.3 is 5.21 Å². The van der Waals surface area contributed by atoms with Crippen molar-refractivity contribution in [1.29, 1.82) is 0 Å². The van der Waals surface area contributed by atoms with E-state index in [9.17, 15) is 13.6 Å². The number of nitrogens with zero attached hydrogens (tertiary/aromatic N) is 1. The largest absolute Gasteiger partial charge is 0.314 e. The normalized spacial score (nSPS) is 11.4. The number of unbranched alkanes of at least 4 members (excludes halogenated alkanes) is 1. The summed E-state index contributed by atoms with van der Waals surface area (Å²) in [6, 6.07) is 16.5. The summed E-state index contributed by atoms with van der Waals surface area (Å²) in [6.07, 6.45) is 3.30. The molecule has 0 aliphatic rings. The van der Waals surface area contributed by atoms with Gasteiger partial charge in [-0.3, -0.25) is 4.55 Å². The fraction of sp³-hybridized carbons (Fsp3) is 0.429. The molecule has 5 nitrogen and oxygen atoms in total. The van der Waals surface area contributed by atoms with E-state index in [4.69, 9.17) is 4.55 Å². The lowest BCUT2D eigenvalue weighted by molar-refractivity contribution is -0.0991. The molecular formula is C21H31NO4S. The molecule has 0 saturated heterocycles. The van der Waals surface area contributed by atoms with Crippen molar-refractivity contribution < 1.29 is 18.2 Å². The van der Waals surface area contributed by atoms with E-state index in [2.05, 4.69) is 38.1 Å². The fourth-order valence-electron chi connectivity index (χ4n) is 2.49. The lowest BCUT2D eigenvalue weighted by Crippen LogP contribution is -2.25. The molecule has 0 amide bonds. The average molecular weight is 394 g/mol. The van der Waals surface area contributed by atoms with E-state index in [0.29, 0.717) is 5.92 Å². The number of hydrogen-bond acceptors (Lipinski definition) is 4. The van der Waals surface area contributed by atoms with Crippen LogP contribution in [0.2, 0.25) is 0 Å². The topological polar surface area (TPSA) is 77.8 Å². The van der Waals surface area contributed by atoms with Crippen LogP contribution in [0.4, 0.5) is 0 Å². The first-order valence-corrected chi connectivity index (χ1v) is 10.6. The van der Waals surface area contributed by atoms with E-state index in [-0.39, 0.29) is 4.90 Å². The third kappa shape index (κ3) is 10.9. The van der Waals surface area contributed by atoms with Crippen LogP contribution in [0.1, 0.15) is 37.8 Å². The van der Waals surface area contributed by atoms with E-state index in [0.717, 1.165) is 37.9 Å². The summed E-state index contributed by atoms with van der Waals surface area (Å²) in [6.45, 7) is 7.63. The molecule has 150 valence electrons. The summed E-state index contributed by atoms with van der Waals surface area (Å²) in [5, 5.41) is 11.0. The molecule has 0 bridgehead atoms. The van der Waals surface area contributed by atoms with Crippen LogP contribution in [0.25, 0.3) is 0 Å². The van der Waals surface area contributed by atoms with Crippen molar-refractivity contribution >= 4 is 10.1 Å². The molecule has 6 heteroatoms. The Bertz CT molecular complexity index is 744. The molecule has 27 heavy (non-hydrogen) atoms. The van der Waals surface area contributed by atoms with Crippen LogP contribution in [0, 0.1) is 12.8 Å². The van der Waals surface area contributed by atoms with Crippen molar-refractivity contribution in [3.05, 3.63) is 65.7 Å². The SMILES string of the molecule is CC(C)CN(O)CCCCc1ccccc1.Cc1ccc(S(=O)(=O)O)cc1. The minimum Gasteiger partial charge on any atom is -0.314 e. The number of hydroxylamine groups is 2. The summed E-state index contributed by atoms with van der Waals surface area (Å²) >= 11 is 0. The maximum Gasteiger partial charge on any atom is 0.294 e. The molecule has 2 aromatic rings. The van der Waals surface area contributed by atoms with Crippen molar-refractivity contribution in [2.45, 2.75) is 44.9 Å². The molecule has 2 N–H and O–H groups in total. The van der Waals surface area contributed by atoms with Gasteiger partial charge >= 0.3 is 0 Å². The van der Waals surface area contributed by atoms with Crippen LogP contribution >= 0.6 is 0 Å². The van der Waals surface area contributed by atoms with Crippen LogP contribution in [-0.4, -0.2) is 36.3 Å². The Labute approximate surface area is 163 Å². The molecular weight excluding hydrogens is 362 g/mol. The molecule has 0 aliphatic carbocycles. The van der Waals surface area contributed by atoms with E-state index in [1.807, 2.05) is 13.0 Å². The summed E-state index contributed by atoms with van der Waals surface area (Å²) < 4.78 is 29.6. The molecule has 0 fully saturated rings. The molecule has 0 saturated carbocycles. The standard InChI is InChI=1S/C14H23NO.C7H8O3S/c1-13(2)12-15(16)11-7-6-10-14-8-4-3-5-9-14;1-6-2-4-7(5-3-6)11(8,9)10/h3-5,8-9,13,16H,6-7,10-12H2,1-2H3;2-5H,1H3,(H,8,9,10). The lowest BCUT2D eigenvalue weighted by Gasteiger charge is -2.16. The summed E-state index contributed by atoms with van der Waals surface area (Å²) in [4.78, 5) is -0.0666. The molecule has 0 aliphatic heterocycles. The third-order valence-electron chi connectivity index (χ3n) is 3.87. The van der Waals surface area contributed by atoms with Gasteiger partial charge in [-0.2, -0.15) is 13.5 Å². The Morgan fingerprint density at radius 3 is 2.07 bits per heavy atom.